The molecule has 0 aromatic carbocycles. The molecule has 12 heavy (non-hydrogen) atoms. The van der Waals surface area contributed by atoms with Crippen molar-refractivity contribution in [3.05, 3.63) is 0 Å². The highest BCUT2D eigenvalue weighted by molar-refractivity contribution is 5.68. The molecule has 1 fully saturated rings. The Balaban J connectivity index is 2.25. The van der Waals surface area contributed by atoms with Crippen LogP contribution in [0.2, 0.25) is 0 Å². The lowest BCUT2D eigenvalue weighted by atomic mass is 10.1. The van der Waals surface area contributed by atoms with Crippen LogP contribution in [0, 0.1) is 0 Å². The van der Waals surface area contributed by atoms with Crippen molar-refractivity contribution in [2.75, 3.05) is 20.2 Å². The Morgan fingerprint density at radius 2 is 2.50 bits per heavy atom. The van der Waals surface area contributed by atoms with Gasteiger partial charge in [0.25, 0.3) is 0 Å². The summed E-state index contributed by atoms with van der Waals surface area (Å²) < 4.78 is 5.08. The molecule has 0 aromatic rings. The van der Waals surface area contributed by atoms with Crippen molar-refractivity contribution in [3.63, 3.8) is 0 Å². The van der Waals surface area contributed by atoms with Crippen molar-refractivity contribution in [3.8, 4) is 0 Å². The summed E-state index contributed by atoms with van der Waals surface area (Å²) in [4.78, 5) is 12.6. The van der Waals surface area contributed by atoms with E-state index in [-0.39, 0.29) is 18.8 Å². The second-order valence-electron chi connectivity index (χ2n) is 3.08. The predicted octanol–water partition coefficient (Wildman–Crippen LogP) is 0.600. The molecule has 1 unspecified atom stereocenters. The van der Waals surface area contributed by atoms with Gasteiger partial charge in [0, 0.05) is 26.6 Å². The smallest absolute Gasteiger partial charge is 0.409 e. The highest BCUT2D eigenvalue weighted by Gasteiger charge is 2.23. The van der Waals surface area contributed by atoms with E-state index in [1.165, 1.54) is 0 Å². The summed E-state index contributed by atoms with van der Waals surface area (Å²) in [5.74, 6) is 0. The van der Waals surface area contributed by atoms with Gasteiger partial charge in [-0.3, -0.25) is 0 Å². The summed E-state index contributed by atoms with van der Waals surface area (Å²) in [5, 5.41) is 8.56. The minimum atomic E-state index is -0.246. The Morgan fingerprint density at radius 3 is 3.08 bits per heavy atom. The number of aliphatic hydroxyl groups excluding tert-OH is 1. The maximum Gasteiger partial charge on any atom is 0.409 e. The van der Waals surface area contributed by atoms with Crippen LogP contribution < -0.4 is 0 Å². The van der Waals surface area contributed by atoms with Crippen LogP contribution in [0.1, 0.15) is 19.3 Å². The fourth-order valence-corrected chi connectivity index (χ4v) is 1.24. The number of carbonyl (C=O) groups excluding carboxylic acids is 1. The molecule has 0 aliphatic carbocycles. The van der Waals surface area contributed by atoms with Crippen molar-refractivity contribution in [2.24, 2.45) is 0 Å². The van der Waals surface area contributed by atoms with Crippen LogP contribution in [0.4, 0.5) is 4.79 Å². The molecule has 4 heteroatoms. The third-order valence-corrected chi connectivity index (χ3v) is 2.05. The number of aliphatic hydroxyl groups is 1. The van der Waals surface area contributed by atoms with E-state index in [0.29, 0.717) is 6.42 Å². The fraction of sp³-hybridized carbons (Fsp3) is 0.875. The Morgan fingerprint density at radius 1 is 1.75 bits per heavy atom. The van der Waals surface area contributed by atoms with Crippen LogP contribution in [0.3, 0.4) is 0 Å². The molecule has 1 amide bonds. The number of hydrogen-bond acceptors (Lipinski definition) is 3. The highest BCUT2D eigenvalue weighted by atomic mass is 16.6. The number of cyclic esters (lactones) is 1. The van der Waals surface area contributed by atoms with E-state index in [1.807, 2.05) is 0 Å². The normalized spacial score (nSPS) is 24.0. The summed E-state index contributed by atoms with van der Waals surface area (Å²) >= 11 is 0. The van der Waals surface area contributed by atoms with Gasteiger partial charge in [-0.05, 0) is 12.8 Å². The first-order valence-electron chi connectivity index (χ1n) is 4.26. The first-order valence-corrected chi connectivity index (χ1v) is 4.26. The van der Waals surface area contributed by atoms with Crippen molar-refractivity contribution >= 4 is 6.09 Å². The molecule has 0 aromatic heterocycles. The quantitative estimate of drug-likeness (QED) is 0.680. The average molecular weight is 173 g/mol. The predicted molar refractivity (Wildman–Crippen MR) is 43.8 cm³/mol. The van der Waals surface area contributed by atoms with Crippen LogP contribution >= 0.6 is 0 Å². The second kappa shape index (κ2) is 4.30. The van der Waals surface area contributed by atoms with Crippen LogP contribution in [0.25, 0.3) is 0 Å². The summed E-state index contributed by atoms with van der Waals surface area (Å²) in [6.07, 6.45) is 2.13. The molecule has 4 nitrogen and oxygen atoms in total. The van der Waals surface area contributed by atoms with E-state index in [2.05, 4.69) is 0 Å². The Kier molecular flexibility index (Phi) is 3.34. The molecule has 1 N–H and O–H groups in total. The summed E-state index contributed by atoms with van der Waals surface area (Å²) in [6.45, 7) is 0.929. The van der Waals surface area contributed by atoms with Gasteiger partial charge >= 0.3 is 6.09 Å². The van der Waals surface area contributed by atoms with E-state index < -0.39 is 0 Å². The molecule has 1 aliphatic rings. The molecule has 0 bridgehead atoms. The monoisotopic (exact) mass is 173 g/mol. The minimum absolute atomic E-state index is 0.0147. The first-order chi connectivity index (χ1) is 5.74. The first kappa shape index (κ1) is 9.32. The number of rotatable bonds is 3. The van der Waals surface area contributed by atoms with Crippen molar-refractivity contribution in [1.29, 1.82) is 0 Å². The average Bonchev–Trinajstić information content (AvgIpc) is 2.07. The highest BCUT2D eigenvalue weighted by Crippen LogP contribution is 2.14. The molecule has 70 valence electrons. The van der Waals surface area contributed by atoms with Crippen LogP contribution in [-0.4, -0.2) is 42.4 Å². The minimum Gasteiger partial charge on any atom is -0.446 e. The van der Waals surface area contributed by atoms with E-state index in [0.717, 1.165) is 19.4 Å². The van der Waals surface area contributed by atoms with Crippen LogP contribution in [0.15, 0.2) is 0 Å². The van der Waals surface area contributed by atoms with E-state index in [4.69, 9.17) is 9.84 Å². The van der Waals surface area contributed by atoms with Crippen LogP contribution in [-0.2, 0) is 4.74 Å². The number of nitrogens with zero attached hydrogens (tertiary/aromatic N) is 1. The largest absolute Gasteiger partial charge is 0.446 e. The molecular formula is C8H15NO3. The topological polar surface area (TPSA) is 49.8 Å². The summed E-state index contributed by atoms with van der Waals surface area (Å²) in [5.41, 5.74) is 0. The molecule has 1 rings (SSSR count). The second-order valence-corrected chi connectivity index (χ2v) is 3.08. The molecule has 1 saturated heterocycles. The number of ether oxygens (including phenoxy) is 1. The fourth-order valence-electron chi connectivity index (χ4n) is 1.24. The van der Waals surface area contributed by atoms with Gasteiger partial charge in [-0.2, -0.15) is 0 Å². The van der Waals surface area contributed by atoms with Crippen molar-refractivity contribution in [1.82, 2.24) is 4.90 Å². The number of hydrogen-bond donors (Lipinski definition) is 1. The zero-order valence-corrected chi connectivity index (χ0v) is 7.32. The van der Waals surface area contributed by atoms with Gasteiger partial charge < -0.3 is 14.7 Å². The van der Waals surface area contributed by atoms with Crippen molar-refractivity contribution in [2.45, 2.75) is 25.4 Å². The number of carbonyl (C=O) groups is 1. The Labute approximate surface area is 72.1 Å². The Hall–Kier alpha value is -0.770. The van der Waals surface area contributed by atoms with Gasteiger partial charge in [-0.1, -0.05) is 0 Å². The summed E-state index contributed by atoms with van der Waals surface area (Å²) in [7, 11) is 1.73. The lowest BCUT2D eigenvalue weighted by Crippen LogP contribution is -2.39. The van der Waals surface area contributed by atoms with Gasteiger partial charge in [0.2, 0.25) is 0 Å². The van der Waals surface area contributed by atoms with Crippen molar-refractivity contribution < 1.29 is 14.6 Å². The lowest BCUT2D eigenvalue weighted by molar-refractivity contribution is 0.0264. The van der Waals surface area contributed by atoms with Gasteiger partial charge in [0.1, 0.15) is 6.10 Å². The van der Waals surface area contributed by atoms with E-state index >= 15 is 0 Å². The maximum absolute atomic E-state index is 11.0. The van der Waals surface area contributed by atoms with Gasteiger partial charge in [0.05, 0.1) is 0 Å². The summed E-state index contributed by atoms with van der Waals surface area (Å²) in [6, 6.07) is 0. The molecule has 1 aliphatic heterocycles. The van der Waals surface area contributed by atoms with Gasteiger partial charge in [-0.15, -0.1) is 0 Å². The molecule has 1 heterocycles. The molecular weight excluding hydrogens is 158 g/mol. The molecule has 0 spiro atoms. The molecule has 1 atom stereocenters. The standard InChI is InChI=1S/C8H15NO3/c1-9-5-4-7(3-2-6-10)12-8(9)11/h7,10H,2-6H2,1H3. The lowest BCUT2D eigenvalue weighted by Gasteiger charge is -2.28. The Bertz CT molecular complexity index is 158. The molecule has 0 radical (unpaired) electrons. The third-order valence-electron chi connectivity index (χ3n) is 2.05. The zero-order chi connectivity index (χ0) is 8.97. The van der Waals surface area contributed by atoms with Gasteiger partial charge in [-0.25, -0.2) is 4.79 Å². The molecule has 0 saturated carbocycles. The van der Waals surface area contributed by atoms with Crippen LogP contribution in [0.5, 0.6) is 0 Å². The zero-order valence-electron chi connectivity index (χ0n) is 7.32. The maximum atomic E-state index is 11.0. The SMILES string of the molecule is CN1CCC(CCCO)OC1=O. The number of amides is 1. The van der Waals surface area contributed by atoms with E-state index in [1.54, 1.807) is 11.9 Å². The van der Waals surface area contributed by atoms with Gasteiger partial charge in [0.15, 0.2) is 0 Å². The van der Waals surface area contributed by atoms with E-state index in [9.17, 15) is 4.79 Å². The third kappa shape index (κ3) is 2.37.